The molecule has 1 aromatic rings. The monoisotopic (exact) mass is 358 g/mol. The molecular weight excluding hydrogens is 328 g/mol. The van der Waals surface area contributed by atoms with Crippen LogP contribution in [0.15, 0.2) is 6.07 Å². The Balaban J connectivity index is 2.35. The summed E-state index contributed by atoms with van der Waals surface area (Å²) in [5, 5.41) is 11.1. The number of hydrogen-bond acceptors (Lipinski definition) is 4. The molecular formula is C22H30O4. The van der Waals surface area contributed by atoms with Gasteiger partial charge in [-0.2, -0.15) is 0 Å². The molecule has 1 N–H and O–H groups in total. The molecule has 2 aliphatic carbocycles. The van der Waals surface area contributed by atoms with Crippen molar-refractivity contribution in [3.8, 4) is 5.75 Å². The largest absolute Gasteiger partial charge is 0.507 e. The number of phenolic OH excluding ortho intramolecular Hbond substituents is 1. The van der Waals surface area contributed by atoms with Crippen LogP contribution in [-0.2, 0) is 21.4 Å². The number of aldehydes is 1. The number of carbonyl (C=O) groups excluding carboxylic acids is 2. The van der Waals surface area contributed by atoms with E-state index in [-0.39, 0.29) is 29.0 Å². The van der Waals surface area contributed by atoms with Gasteiger partial charge in [-0.15, -0.1) is 0 Å². The van der Waals surface area contributed by atoms with E-state index in [1.54, 1.807) is 0 Å². The van der Waals surface area contributed by atoms with Gasteiger partial charge in [0.15, 0.2) is 6.29 Å². The molecule has 0 aromatic heterocycles. The number of hydrogen-bond donors (Lipinski definition) is 1. The van der Waals surface area contributed by atoms with Crippen molar-refractivity contribution >= 4 is 12.3 Å². The van der Waals surface area contributed by atoms with Crippen LogP contribution in [0.1, 0.15) is 86.3 Å². The number of aromatic hydroxyl groups is 1. The van der Waals surface area contributed by atoms with E-state index in [0.29, 0.717) is 17.5 Å². The summed E-state index contributed by atoms with van der Waals surface area (Å²) in [6.45, 7) is 8.44. The number of methoxy groups -OCH3 is 1. The minimum atomic E-state index is -0.860. The predicted molar refractivity (Wildman–Crippen MR) is 101 cm³/mol. The minimum absolute atomic E-state index is 0.00556. The molecule has 3 rings (SSSR count). The molecule has 2 unspecified atom stereocenters. The Labute approximate surface area is 155 Å². The van der Waals surface area contributed by atoms with Gasteiger partial charge < -0.3 is 9.84 Å². The lowest BCUT2D eigenvalue weighted by atomic mass is 9.49. The van der Waals surface area contributed by atoms with Gasteiger partial charge in [0.1, 0.15) is 11.2 Å². The second-order valence-corrected chi connectivity index (χ2v) is 8.93. The van der Waals surface area contributed by atoms with E-state index in [4.69, 9.17) is 4.74 Å². The highest BCUT2D eigenvalue weighted by Crippen LogP contribution is 2.60. The second kappa shape index (κ2) is 6.40. The van der Waals surface area contributed by atoms with Gasteiger partial charge in [0.2, 0.25) is 0 Å². The van der Waals surface area contributed by atoms with Crippen molar-refractivity contribution in [1.82, 2.24) is 0 Å². The topological polar surface area (TPSA) is 63.6 Å². The molecule has 0 spiro atoms. The van der Waals surface area contributed by atoms with Crippen molar-refractivity contribution in [1.29, 1.82) is 0 Å². The zero-order valence-electron chi connectivity index (χ0n) is 16.5. The fraction of sp³-hybridized carbons (Fsp3) is 0.636. The lowest BCUT2D eigenvalue weighted by Gasteiger charge is -2.54. The fourth-order valence-electron chi connectivity index (χ4n) is 5.66. The number of rotatable bonds is 3. The summed E-state index contributed by atoms with van der Waals surface area (Å²) in [6, 6.07) is 2.03. The highest BCUT2D eigenvalue weighted by molar-refractivity contribution is 5.90. The SMILES string of the molecule is COC(=O)C12CCCC(C)(C)C1CCc1cc(C(C)C)c(C=O)c(O)c12. The number of phenols is 1. The summed E-state index contributed by atoms with van der Waals surface area (Å²) in [4.78, 5) is 24.9. The molecule has 1 aromatic carbocycles. The smallest absolute Gasteiger partial charge is 0.316 e. The maximum Gasteiger partial charge on any atom is 0.316 e. The molecule has 4 heteroatoms. The van der Waals surface area contributed by atoms with Gasteiger partial charge in [-0.05, 0) is 54.1 Å². The Morgan fingerprint density at radius 1 is 1.35 bits per heavy atom. The first-order valence-electron chi connectivity index (χ1n) is 9.63. The third-order valence-electron chi connectivity index (χ3n) is 6.82. The summed E-state index contributed by atoms with van der Waals surface area (Å²) >= 11 is 0. The average molecular weight is 358 g/mol. The third-order valence-corrected chi connectivity index (χ3v) is 6.82. The van der Waals surface area contributed by atoms with Crippen molar-refractivity contribution in [2.75, 3.05) is 7.11 Å². The highest BCUT2D eigenvalue weighted by atomic mass is 16.5. The van der Waals surface area contributed by atoms with Crippen LogP contribution in [0.5, 0.6) is 5.75 Å². The van der Waals surface area contributed by atoms with E-state index in [0.717, 1.165) is 43.1 Å². The Morgan fingerprint density at radius 2 is 2.04 bits per heavy atom. The summed E-state index contributed by atoms with van der Waals surface area (Å²) in [5.41, 5.74) is 1.95. The van der Waals surface area contributed by atoms with E-state index in [2.05, 4.69) is 13.8 Å². The van der Waals surface area contributed by atoms with Crippen LogP contribution in [-0.4, -0.2) is 24.5 Å². The molecule has 0 amide bonds. The summed E-state index contributed by atoms with van der Waals surface area (Å²) in [5.74, 6) is -0.0605. The lowest BCUT2D eigenvalue weighted by Crippen LogP contribution is -2.54. The zero-order valence-corrected chi connectivity index (χ0v) is 16.5. The number of fused-ring (bicyclic) bond motifs is 3. The Morgan fingerprint density at radius 3 is 2.62 bits per heavy atom. The van der Waals surface area contributed by atoms with Crippen LogP contribution in [0.4, 0.5) is 0 Å². The first kappa shape index (κ1) is 18.9. The van der Waals surface area contributed by atoms with Crippen LogP contribution in [0.2, 0.25) is 0 Å². The van der Waals surface area contributed by atoms with E-state index >= 15 is 0 Å². The molecule has 0 radical (unpaired) electrons. The van der Waals surface area contributed by atoms with Crippen molar-refractivity contribution in [2.45, 2.75) is 71.1 Å². The predicted octanol–water partition coefficient (Wildman–Crippen LogP) is 4.51. The second-order valence-electron chi connectivity index (χ2n) is 8.93. The van der Waals surface area contributed by atoms with E-state index < -0.39 is 5.41 Å². The van der Waals surface area contributed by atoms with Gasteiger partial charge >= 0.3 is 5.97 Å². The first-order valence-corrected chi connectivity index (χ1v) is 9.63. The number of aryl methyl sites for hydroxylation is 1. The van der Waals surface area contributed by atoms with E-state index in [1.807, 2.05) is 19.9 Å². The van der Waals surface area contributed by atoms with Gasteiger partial charge in [0.05, 0.1) is 12.7 Å². The minimum Gasteiger partial charge on any atom is -0.507 e. The molecule has 2 aliphatic rings. The van der Waals surface area contributed by atoms with Gasteiger partial charge in [-0.3, -0.25) is 9.59 Å². The van der Waals surface area contributed by atoms with Gasteiger partial charge in [-0.1, -0.05) is 40.2 Å². The average Bonchev–Trinajstić information content (AvgIpc) is 2.59. The molecule has 0 saturated heterocycles. The molecule has 1 fully saturated rings. The summed E-state index contributed by atoms with van der Waals surface area (Å²) in [6.07, 6.45) is 5.05. The fourth-order valence-corrected chi connectivity index (χ4v) is 5.66. The van der Waals surface area contributed by atoms with Crippen LogP contribution >= 0.6 is 0 Å². The standard InChI is InChI=1S/C22H30O4/c1-13(2)15-11-14-7-8-17-21(3,4)9-6-10-22(17,20(25)26-5)18(14)19(24)16(15)12-23/h11-13,17,24H,6-10H2,1-5H3. The maximum atomic E-state index is 13.1. The van der Waals surface area contributed by atoms with Crippen LogP contribution in [0.25, 0.3) is 0 Å². The molecule has 26 heavy (non-hydrogen) atoms. The van der Waals surface area contributed by atoms with Gasteiger partial charge in [-0.25, -0.2) is 0 Å². The van der Waals surface area contributed by atoms with Crippen LogP contribution in [0, 0.1) is 11.3 Å². The molecule has 1 saturated carbocycles. The summed E-state index contributed by atoms with van der Waals surface area (Å²) in [7, 11) is 1.42. The number of benzene rings is 1. The lowest BCUT2D eigenvalue weighted by molar-refractivity contribution is -0.156. The molecule has 0 aliphatic heterocycles. The molecule has 4 nitrogen and oxygen atoms in total. The number of esters is 1. The third kappa shape index (κ3) is 2.49. The van der Waals surface area contributed by atoms with Gasteiger partial charge in [0.25, 0.3) is 0 Å². The van der Waals surface area contributed by atoms with Crippen molar-refractivity contribution in [2.24, 2.45) is 11.3 Å². The van der Waals surface area contributed by atoms with E-state index in [1.165, 1.54) is 7.11 Å². The van der Waals surface area contributed by atoms with Crippen LogP contribution < -0.4 is 0 Å². The Hall–Kier alpha value is -1.84. The summed E-state index contributed by atoms with van der Waals surface area (Å²) < 4.78 is 5.27. The van der Waals surface area contributed by atoms with Gasteiger partial charge in [0, 0.05) is 5.56 Å². The molecule has 2 atom stereocenters. The van der Waals surface area contributed by atoms with Crippen molar-refractivity contribution < 1.29 is 19.4 Å². The Kier molecular flexibility index (Phi) is 4.66. The number of carbonyl (C=O) groups is 2. The Bertz CT molecular complexity index is 747. The van der Waals surface area contributed by atoms with Crippen LogP contribution in [0.3, 0.4) is 0 Å². The zero-order chi connectivity index (χ0) is 19.3. The van der Waals surface area contributed by atoms with Crippen molar-refractivity contribution in [3.63, 3.8) is 0 Å². The highest BCUT2D eigenvalue weighted by Gasteiger charge is 2.59. The molecule has 0 bridgehead atoms. The quantitative estimate of drug-likeness (QED) is 0.638. The normalized spacial score (nSPS) is 26.8. The van der Waals surface area contributed by atoms with Crippen molar-refractivity contribution in [3.05, 3.63) is 28.3 Å². The van der Waals surface area contributed by atoms with E-state index in [9.17, 15) is 14.7 Å². The number of ether oxygens (including phenoxy) is 1. The molecule has 142 valence electrons. The maximum absolute atomic E-state index is 13.1. The molecule has 0 heterocycles. The first-order chi connectivity index (χ1) is 12.2.